The summed E-state index contributed by atoms with van der Waals surface area (Å²) in [5.41, 5.74) is 0. The molecule has 0 aliphatic heterocycles. The lowest BCUT2D eigenvalue weighted by atomic mass is 10.7. The van der Waals surface area contributed by atoms with Crippen molar-refractivity contribution in [1.82, 2.24) is 0 Å². The fourth-order valence-electron chi connectivity index (χ4n) is 0. The number of carboxylic acid groups (broad SMARTS) is 2. The van der Waals surface area contributed by atoms with Gasteiger partial charge in [0.2, 0.25) is 0 Å². The number of carbonyl (C=O) groups is 2. The van der Waals surface area contributed by atoms with Crippen molar-refractivity contribution in [3.05, 3.63) is 0 Å². The van der Waals surface area contributed by atoms with Gasteiger partial charge in [0, 0.05) is 0 Å². The Kier molecular flexibility index (Phi) is 12.6. The summed E-state index contributed by atoms with van der Waals surface area (Å²) in [6.45, 7) is 0. The average molecular weight is 137 g/mol. The molecule has 8 heavy (non-hydrogen) atoms. The molecule has 0 amide bonds. The molecular formula is C2H6AlO5. The van der Waals surface area contributed by atoms with Crippen LogP contribution in [0, 0.1) is 0 Å². The molecule has 47 valence electrons. The minimum atomic E-state index is -1.82. The lowest BCUT2D eigenvalue weighted by Crippen LogP contribution is -2.09. The molecule has 0 saturated carbocycles. The zero-order chi connectivity index (χ0) is 5.15. The van der Waals surface area contributed by atoms with Crippen molar-refractivity contribution >= 4 is 29.3 Å². The SMILES string of the molecule is O.O=C(O)C(=O)O.[AlH2]. The van der Waals surface area contributed by atoms with E-state index >= 15 is 0 Å². The standard InChI is InChI=1S/C2H2O4.Al.H2O.2H/c3-1(4)2(5)6;;;;/h(H,3,4)(H,5,6);;1H2;;. The van der Waals surface area contributed by atoms with Crippen molar-refractivity contribution in [3.8, 4) is 0 Å². The van der Waals surface area contributed by atoms with Gasteiger partial charge < -0.3 is 15.7 Å². The van der Waals surface area contributed by atoms with Crippen molar-refractivity contribution in [2.24, 2.45) is 0 Å². The summed E-state index contributed by atoms with van der Waals surface area (Å²) < 4.78 is 0. The van der Waals surface area contributed by atoms with Gasteiger partial charge >= 0.3 is 11.9 Å². The van der Waals surface area contributed by atoms with E-state index in [0.29, 0.717) is 0 Å². The van der Waals surface area contributed by atoms with Crippen LogP contribution in [0.15, 0.2) is 0 Å². The van der Waals surface area contributed by atoms with Gasteiger partial charge in [-0.2, -0.15) is 0 Å². The van der Waals surface area contributed by atoms with Crippen LogP contribution >= 0.6 is 0 Å². The lowest BCUT2D eigenvalue weighted by Gasteiger charge is -1.72. The van der Waals surface area contributed by atoms with Crippen LogP contribution in [0.5, 0.6) is 0 Å². The number of hydrogen-bond acceptors (Lipinski definition) is 2. The third-order valence-corrected chi connectivity index (χ3v) is 0.183. The Morgan fingerprint density at radius 2 is 1.12 bits per heavy atom. The highest BCUT2D eigenvalue weighted by atomic mass is 27.0. The van der Waals surface area contributed by atoms with E-state index in [-0.39, 0.29) is 22.8 Å². The quantitative estimate of drug-likeness (QED) is 0.282. The van der Waals surface area contributed by atoms with Crippen LogP contribution < -0.4 is 0 Å². The van der Waals surface area contributed by atoms with Gasteiger partial charge in [0.25, 0.3) is 0 Å². The molecule has 0 aromatic carbocycles. The van der Waals surface area contributed by atoms with Gasteiger partial charge in [0.1, 0.15) is 17.4 Å². The number of hydrogen-bond donors (Lipinski definition) is 2. The predicted octanol–water partition coefficient (Wildman–Crippen LogP) is -2.59. The minimum Gasteiger partial charge on any atom is -0.473 e. The largest absolute Gasteiger partial charge is 0.473 e. The van der Waals surface area contributed by atoms with Gasteiger partial charge in [-0.05, 0) is 0 Å². The Hall–Kier alpha value is -0.568. The molecule has 6 heteroatoms. The molecule has 4 N–H and O–H groups in total. The predicted molar refractivity (Wildman–Crippen MR) is 27.4 cm³/mol. The van der Waals surface area contributed by atoms with E-state index in [2.05, 4.69) is 0 Å². The van der Waals surface area contributed by atoms with E-state index < -0.39 is 11.9 Å². The third kappa shape index (κ3) is 9.06. The Morgan fingerprint density at radius 1 is 1.00 bits per heavy atom. The van der Waals surface area contributed by atoms with Gasteiger partial charge in [0.05, 0.1) is 0 Å². The lowest BCUT2D eigenvalue weighted by molar-refractivity contribution is -0.159. The molecule has 0 aromatic rings. The van der Waals surface area contributed by atoms with E-state index in [1.165, 1.54) is 0 Å². The molecule has 5 nitrogen and oxygen atoms in total. The zero-order valence-electron chi connectivity index (χ0n) is 4.21. The summed E-state index contributed by atoms with van der Waals surface area (Å²) in [5, 5.41) is 14.8. The van der Waals surface area contributed by atoms with Crippen LogP contribution in [0.25, 0.3) is 0 Å². The average Bonchev–Trinajstić information content (AvgIpc) is 1.36. The van der Waals surface area contributed by atoms with Crippen molar-refractivity contribution in [1.29, 1.82) is 0 Å². The van der Waals surface area contributed by atoms with Gasteiger partial charge in [-0.25, -0.2) is 9.59 Å². The summed E-state index contributed by atoms with van der Waals surface area (Å²) in [6, 6.07) is 0. The highest BCUT2D eigenvalue weighted by molar-refractivity contribution is 6.27. The molecule has 0 fully saturated rings. The topological polar surface area (TPSA) is 106 Å². The second kappa shape index (κ2) is 6.43. The third-order valence-electron chi connectivity index (χ3n) is 0.183. The molecule has 0 rings (SSSR count). The monoisotopic (exact) mass is 137 g/mol. The smallest absolute Gasteiger partial charge is 0.414 e. The first-order valence-corrected chi connectivity index (χ1v) is 1.11. The number of carboxylic acids is 2. The van der Waals surface area contributed by atoms with Gasteiger partial charge in [0.15, 0.2) is 0 Å². The highest BCUT2D eigenvalue weighted by Gasteiger charge is 2.04. The Labute approximate surface area is 55.4 Å². The molecule has 0 aliphatic rings. The Balaban J connectivity index is -0.000000125. The Morgan fingerprint density at radius 3 is 1.12 bits per heavy atom. The maximum absolute atomic E-state index is 9.10. The van der Waals surface area contributed by atoms with E-state index in [0.717, 1.165) is 0 Å². The molecule has 0 aromatic heterocycles. The van der Waals surface area contributed by atoms with E-state index in [1.54, 1.807) is 0 Å². The van der Waals surface area contributed by atoms with E-state index in [9.17, 15) is 0 Å². The fourth-order valence-corrected chi connectivity index (χ4v) is 0. The number of aliphatic carboxylic acids is 2. The summed E-state index contributed by atoms with van der Waals surface area (Å²) in [4.78, 5) is 18.2. The minimum absolute atomic E-state index is 0. The van der Waals surface area contributed by atoms with Crippen molar-refractivity contribution in [2.45, 2.75) is 0 Å². The van der Waals surface area contributed by atoms with Crippen LogP contribution in [0.1, 0.15) is 0 Å². The van der Waals surface area contributed by atoms with Crippen molar-refractivity contribution in [2.75, 3.05) is 0 Å². The molecule has 0 heterocycles. The molecule has 0 bridgehead atoms. The zero-order valence-corrected chi connectivity index (χ0v) is 6.21. The second-order valence-corrected chi connectivity index (χ2v) is 0.610. The second-order valence-electron chi connectivity index (χ2n) is 0.610. The maximum Gasteiger partial charge on any atom is 0.414 e. The molecule has 0 unspecified atom stereocenters. The Bertz CT molecular complexity index is 76.4. The first kappa shape index (κ1) is 15.7. The normalized spacial score (nSPS) is 5.50. The summed E-state index contributed by atoms with van der Waals surface area (Å²) in [5.74, 6) is -3.65. The fraction of sp³-hybridized carbons (Fsp3) is 0. The van der Waals surface area contributed by atoms with Crippen LogP contribution in [0.2, 0.25) is 0 Å². The number of rotatable bonds is 0. The molecular weight excluding hydrogens is 131 g/mol. The van der Waals surface area contributed by atoms with Crippen LogP contribution in [-0.4, -0.2) is 45.0 Å². The van der Waals surface area contributed by atoms with Crippen LogP contribution in [0.4, 0.5) is 0 Å². The van der Waals surface area contributed by atoms with Crippen LogP contribution in [0.3, 0.4) is 0 Å². The van der Waals surface area contributed by atoms with Crippen molar-refractivity contribution in [3.63, 3.8) is 0 Å². The van der Waals surface area contributed by atoms with Crippen molar-refractivity contribution < 1.29 is 25.3 Å². The van der Waals surface area contributed by atoms with Crippen LogP contribution in [-0.2, 0) is 9.59 Å². The maximum atomic E-state index is 9.10. The molecule has 1 radical (unpaired) electrons. The first-order valence-electron chi connectivity index (χ1n) is 1.11. The van der Waals surface area contributed by atoms with E-state index in [1.807, 2.05) is 0 Å². The van der Waals surface area contributed by atoms with E-state index in [4.69, 9.17) is 19.8 Å². The highest BCUT2D eigenvalue weighted by Crippen LogP contribution is 1.56. The summed E-state index contributed by atoms with van der Waals surface area (Å²) >= 11 is 0. The van der Waals surface area contributed by atoms with Gasteiger partial charge in [-0.15, -0.1) is 0 Å². The summed E-state index contributed by atoms with van der Waals surface area (Å²) in [7, 11) is 0. The first-order chi connectivity index (χ1) is 2.64. The van der Waals surface area contributed by atoms with Gasteiger partial charge in [-0.3, -0.25) is 0 Å². The molecule has 0 aliphatic carbocycles. The molecule has 0 atom stereocenters. The molecule has 0 saturated heterocycles. The molecule has 0 spiro atoms. The van der Waals surface area contributed by atoms with Gasteiger partial charge in [-0.1, -0.05) is 0 Å². The summed E-state index contributed by atoms with van der Waals surface area (Å²) in [6.07, 6.45) is 0.